The number of ether oxygens (including phenoxy) is 3. The molecule has 1 aromatic heterocycles. The Balaban J connectivity index is 1.54. The number of carboxylic acids is 1. The van der Waals surface area contributed by atoms with Crippen LogP contribution < -0.4 is 25.0 Å². The number of aliphatic carboxylic acids is 1. The number of hydrogen-bond donors (Lipinski definition) is 2. The quantitative estimate of drug-likeness (QED) is 0.482. The van der Waals surface area contributed by atoms with Crippen LogP contribution in [0.2, 0.25) is 0 Å². The Labute approximate surface area is 208 Å². The van der Waals surface area contributed by atoms with Crippen LogP contribution in [0.3, 0.4) is 0 Å². The highest BCUT2D eigenvalue weighted by Gasteiger charge is 2.25. The van der Waals surface area contributed by atoms with E-state index < -0.39 is 17.9 Å². The molecule has 1 amide bonds. The topological polar surface area (TPSA) is 124 Å². The van der Waals surface area contributed by atoms with Crippen LogP contribution in [0.15, 0.2) is 45.6 Å². The van der Waals surface area contributed by atoms with Crippen molar-refractivity contribution >= 4 is 22.8 Å². The molecule has 9 nitrogen and oxygen atoms in total. The second-order valence-corrected chi connectivity index (χ2v) is 8.79. The number of carboxylic acid groups (broad SMARTS) is 1. The smallest absolute Gasteiger partial charge is 0.326 e. The van der Waals surface area contributed by atoms with E-state index in [2.05, 4.69) is 5.32 Å². The van der Waals surface area contributed by atoms with E-state index in [0.29, 0.717) is 64.7 Å². The van der Waals surface area contributed by atoms with Crippen LogP contribution in [-0.4, -0.2) is 42.8 Å². The van der Waals surface area contributed by atoms with Crippen molar-refractivity contribution < 1.29 is 33.3 Å². The molecular formula is C27H29NO8. The molecule has 3 aromatic rings. The molecule has 0 fully saturated rings. The van der Waals surface area contributed by atoms with Gasteiger partial charge < -0.3 is 29.1 Å². The zero-order chi connectivity index (χ0) is 25.8. The van der Waals surface area contributed by atoms with Crippen molar-refractivity contribution in [1.29, 1.82) is 0 Å². The molecule has 190 valence electrons. The summed E-state index contributed by atoms with van der Waals surface area (Å²) in [6.45, 7) is 6.07. The van der Waals surface area contributed by atoms with Gasteiger partial charge in [-0.3, -0.25) is 9.59 Å². The molecule has 0 unspecified atom stereocenters. The van der Waals surface area contributed by atoms with Crippen molar-refractivity contribution in [3.63, 3.8) is 0 Å². The minimum atomic E-state index is -1.09. The van der Waals surface area contributed by atoms with E-state index >= 15 is 0 Å². The Kier molecular flexibility index (Phi) is 7.47. The normalized spacial score (nSPS) is 14.5. The van der Waals surface area contributed by atoms with Crippen LogP contribution in [0.1, 0.15) is 32.4 Å². The number of aryl methyl sites for hydroxylation is 1. The summed E-state index contributed by atoms with van der Waals surface area (Å²) in [6.07, 6.45) is 1.39. The van der Waals surface area contributed by atoms with Crippen molar-refractivity contribution in [1.82, 2.24) is 5.32 Å². The van der Waals surface area contributed by atoms with Gasteiger partial charge in [-0.2, -0.15) is 0 Å². The summed E-state index contributed by atoms with van der Waals surface area (Å²) in [6, 6.07) is 9.08. The van der Waals surface area contributed by atoms with Gasteiger partial charge in [0.05, 0.1) is 24.2 Å². The largest absolute Gasteiger partial charge is 0.490 e. The molecular weight excluding hydrogens is 466 g/mol. The van der Waals surface area contributed by atoms with Crippen LogP contribution in [0.25, 0.3) is 22.1 Å². The number of benzene rings is 2. The number of carbonyl (C=O) groups is 2. The lowest BCUT2D eigenvalue weighted by molar-refractivity contribution is -0.143. The molecule has 2 heterocycles. The van der Waals surface area contributed by atoms with Crippen molar-refractivity contribution in [2.75, 3.05) is 19.8 Å². The third kappa shape index (κ3) is 5.30. The van der Waals surface area contributed by atoms with E-state index in [-0.39, 0.29) is 18.0 Å². The van der Waals surface area contributed by atoms with Gasteiger partial charge >= 0.3 is 5.97 Å². The molecule has 0 saturated carbocycles. The third-order valence-electron chi connectivity index (χ3n) is 6.24. The number of carbonyl (C=O) groups excluding carboxylic acids is 1. The number of amides is 1. The highest BCUT2D eigenvalue weighted by molar-refractivity contribution is 5.86. The molecule has 2 atom stereocenters. The lowest BCUT2D eigenvalue weighted by atomic mass is 9.99. The summed E-state index contributed by atoms with van der Waals surface area (Å²) in [5.74, 6) is 0.106. The second-order valence-electron chi connectivity index (χ2n) is 8.79. The average molecular weight is 496 g/mol. The number of hydrogen-bond acceptors (Lipinski definition) is 7. The van der Waals surface area contributed by atoms with Crippen molar-refractivity contribution in [2.24, 2.45) is 5.92 Å². The molecule has 9 heteroatoms. The van der Waals surface area contributed by atoms with E-state index in [4.69, 9.17) is 18.6 Å². The molecule has 0 saturated heterocycles. The van der Waals surface area contributed by atoms with E-state index in [9.17, 15) is 19.5 Å². The zero-order valence-electron chi connectivity index (χ0n) is 20.5. The monoisotopic (exact) mass is 495 g/mol. The Hall–Kier alpha value is -4.01. The standard InChI is InChI=1S/C27H29NO8/c1-4-15(2)25(27(31)32)28-23(29)14-35-18-7-8-19-21(13-18)36-16(3)24(26(19)30)17-6-9-20-22(12-17)34-11-5-10-33-20/h6-9,12-13,15,25H,4-5,10-11,14H2,1-3H3,(H,28,29)(H,31,32)/t15-,25+/m0/s1. The number of fused-ring (bicyclic) bond motifs is 2. The molecule has 36 heavy (non-hydrogen) atoms. The van der Waals surface area contributed by atoms with E-state index in [0.717, 1.165) is 6.42 Å². The summed E-state index contributed by atoms with van der Waals surface area (Å²) in [5.41, 5.74) is 1.21. The van der Waals surface area contributed by atoms with Gasteiger partial charge in [-0.15, -0.1) is 0 Å². The third-order valence-corrected chi connectivity index (χ3v) is 6.24. The molecule has 1 aliphatic rings. The maximum atomic E-state index is 13.3. The molecule has 2 N–H and O–H groups in total. The van der Waals surface area contributed by atoms with Crippen LogP contribution in [0.4, 0.5) is 0 Å². The summed E-state index contributed by atoms with van der Waals surface area (Å²) in [5, 5.41) is 12.2. The summed E-state index contributed by atoms with van der Waals surface area (Å²) in [7, 11) is 0. The molecule has 0 aliphatic carbocycles. The first-order valence-corrected chi connectivity index (χ1v) is 11.9. The van der Waals surface area contributed by atoms with Gasteiger partial charge in [-0.1, -0.05) is 26.3 Å². The lowest BCUT2D eigenvalue weighted by Gasteiger charge is -2.20. The first-order valence-electron chi connectivity index (χ1n) is 11.9. The molecule has 4 rings (SSSR count). The zero-order valence-corrected chi connectivity index (χ0v) is 20.5. The molecule has 2 aromatic carbocycles. The average Bonchev–Trinajstić information content (AvgIpc) is 3.10. The summed E-state index contributed by atoms with van der Waals surface area (Å²) < 4.78 is 22.9. The molecule has 0 bridgehead atoms. The highest BCUT2D eigenvalue weighted by atomic mass is 16.5. The van der Waals surface area contributed by atoms with Crippen LogP contribution in [-0.2, 0) is 9.59 Å². The maximum Gasteiger partial charge on any atom is 0.326 e. The fourth-order valence-corrected chi connectivity index (χ4v) is 4.08. The fourth-order valence-electron chi connectivity index (χ4n) is 4.08. The second kappa shape index (κ2) is 10.7. The summed E-state index contributed by atoms with van der Waals surface area (Å²) >= 11 is 0. The Morgan fingerprint density at radius 3 is 2.58 bits per heavy atom. The Bertz CT molecular complexity index is 1350. The van der Waals surface area contributed by atoms with Crippen LogP contribution >= 0.6 is 0 Å². The van der Waals surface area contributed by atoms with E-state index in [1.807, 2.05) is 6.92 Å². The molecule has 0 radical (unpaired) electrons. The minimum Gasteiger partial charge on any atom is -0.490 e. The lowest BCUT2D eigenvalue weighted by Crippen LogP contribution is -2.46. The molecule has 0 spiro atoms. The van der Waals surface area contributed by atoms with Gasteiger partial charge in [0.1, 0.15) is 23.1 Å². The highest BCUT2D eigenvalue weighted by Crippen LogP contribution is 2.35. The molecule has 1 aliphatic heterocycles. The van der Waals surface area contributed by atoms with Gasteiger partial charge in [0.25, 0.3) is 5.91 Å². The fraction of sp³-hybridized carbons (Fsp3) is 0.370. The number of nitrogens with one attached hydrogen (secondary N) is 1. The first kappa shape index (κ1) is 25.1. The van der Waals surface area contributed by atoms with Gasteiger partial charge in [0.15, 0.2) is 18.1 Å². The van der Waals surface area contributed by atoms with Gasteiger partial charge in [-0.05, 0) is 42.7 Å². The van der Waals surface area contributed by atoms with Gasteiger partial charge in [0.2, 0.25) is 5.43 Å². The van der Waals surface area contributed by atoms with E-state index in [1.54, 1.807) is 44.2 Å². The van der Waals surface area contributed by atoms with Crippen LogP contribution in [0.5, 0.6) is 17.2 Å². The predicted molar refractivity (Wildman–Crippen MR) is 133 cm³/mol. The predicted octanol–water partition coefficient (Wildman–Crippen LogP) is 3.92. The SMILES string of the molecule is CC[C@H](C)[C@@H](NC(=O)COc1ccc2c(=O)c(-c3ccc4c(c3)OCCCO4)c(C)oc2c1)C(=O)O. The van der Waals surface area contributed by atoms with Gasteiger partial charge in [-0.25, -0.2) is 4.79 Å². The van der Waals surface area contributed by atoms with E-state index in [1.165, 1.54) is 6.07 Å². The number of rotatable bonds is 8. The van der Waals surface area contributed by atoms with Crippen LogP contribution in [0, 0.1) is 12.8 Å². The maximum absolute atomic E-state index is 13.3. The van der Waals surface area contributed by atoms with Crippen molar-refractivity contribution in [3.8, 4) is 28.4 Å². The Morgan fingerprint density at radius 1 is 1.11 bits per heavy atom. The van der Waals surface area contributed by atoms with Gasteiger partial charge in [0, 0.05) is 12.5 Å². The summed E-state index contributed by atoms with van der Waals surface area (Å²) in [4.78, 5) is 37.0. The Morgan fingerprint density at radius 2 is 1.86 bits per heavy atom. The first-order chi connectivity index (χ1) is 17.3. The van der Waals surface area contributed by atoms with Crippen molar-refractivity contribution in [2.45, 2.75) is 39.7 Å². The van der Waals surface area contributed by atoms with Crippen molar-refractivity contribution in [3.05, 3.63) is 52.4 Å². The minimum absolute atomic E-state index is 0.203.